The van der Waals surface area contributed by atoms with Crippen LogP contribution in [0.4, 0.5) is 0 Å². The number of nitrogens with one attached hydrogen (secondary N) is 1. The van der Waals surface area contributed by atoms with Crippen molar-refractivity contribution in [3.05, 3.63) is 11.9 Å². The zero-order valence-electron chi connectivity index (χ0n) is 8.23. The number of nitrogens with zero attached hydrogens (tertiary/aromatic N) is 3. The second-order valence-electron chi connectivity index (χ2n) is 2.93. The van der Waals surface area contributed by atoms with Crippen molar-refractivity contribution in [2.24, 2.45) is 5.73 Å². The van der Waals surface area contributed by atoms with E-state index in [1.165, 1.54) is 0 Å². The molecule has 0 aliphatic heterocycles. The standard InChI is InChI=1S/C8H15N5O/c1-10-8(14)3-5-13-6-7(2-4-9)11-12-13/h6H,2-5,9H2,1H3,(H,10,14). The largest absolute Gasteiger partial charge is 0.359 e. The Morgan fingerprint density at radius 2 is 2.50 bits per heavy atom. The normalized spacial score (nSPS) is 10.1. The molecule has 0 atom stereocenters. The number of aryl methyl sites for hydroxylation is 1. The monoisotopic (exact) mass is 197 g/mol. The number of carbonyl (C=O) groups excluding carboxylic acids is 1. The minimum absolute atomic E-state index is 0.000810. The van der Waals surface area contributed by atoms with E-state index >= 15 is 0 Å². The first-order chi connectivity index (χ1) is 6.76. The molecular weight excluding hydrogens is 182 g/mol. The van der Waals surface area contributed by atoms with Gasteiger partial charge in [0.05, 0.1) is 12.2 Å². The number of hydrogen-bond donors (Lipinski definition) is 2. The first-order valence-electron chi connectivity index (χ1n) is 4.56. The maximum absolute atomic E-state index is 10.9. The lowest BCUT2D eigenvalue weighted by molar-refractivity contribution is -0.120. The topological polar surface area (TPSA) is 85.8 Å². The van der Waals surface area contributed by atoms with E-state index in [9.17, 15) is 4.79 Å². The van der Waals surface area contributed by atoms with Crippen LogP contribution in [0.2, 0.25) is 0 Å². The van der Waals surface area contributed by atoms with Crippen molar-refractivity contribution in [1.82, 2.24) is 20.3 Å². The van der Waals surface area contributed by atoms with Crippen molar-refractivity contribution in [1.29, 1.82) is 0 Å². The third-order valence-electron chi connectivity index (χ3n) is 1.83. The number of amides is 1. The summed E-state index contributed by atoms with van der Waals surface area (Å²) in [7, 11) is 1.61. The van der Waals surface area contributed by atoms with Gasteiger partial charge in [-0.25, -0.2) is 0 Å². The lowest BCUT2D eigenvalue weighted by atomic mass is 10.3. The van der Waals surface area contributed by atoms with E-state index in [0.717, 1.165) is 12.1 Å². The molecule has 1 rings (SSSR count). The molecule has 0 unspecified atom stereocenters. The summed E-state index contributed by atoms with van der Waals surface area (Å²) < 4.78 is 1.65. The maximum atomic E-state index is 10.9. The molecule has 0 aromatic carbocycles. The van der Waals surface area contributed by atoms with Crippen molar-refractivity contribution in [2.75, 3.05) is 13.6 Å². The fourth-order valence-corrected chi connectivity index (χ4v) is 1.05. The van der Waals surface area contributed by atoms with Crippen LogP contribution in [-0.2, 0) is 17.8 Å². The molecule has 1 heterocycles. The van der Waals surface area contributed by atoms with Crippen LogP contribution in [0, 0.1) is 0 Å². The van der Waals surface area contributed by atoms with Gasteiger partial charge in [-0.3, -0.25) is 9.48 Å². The van der Waals surface area contributed by atoms with Gasteiger partial charge in [0.25, 0.3) is 0 Å². The first kappa shape index (κ1) is 10.6. The molecule has 0 spiro atoms. The second-order valence-corrected chi connectivity index (χ2v) is 2.93. The Morgan fingerprint density at radius 3 is 3.14 bits per heavy atom. The third-order valence-corrected chi connectivity index (χ3v) is 1.83. The Bertz CT molecular complexity index is 296. The van der Waals surface area contributed by atoms with Crippen LogP contribution in [0.25, 0.3) is 0 Å². The summed E-state index contributed by atoms with van der Waals surface area (Å²) in [6.07, 6.45) is 2.96. The zero-order chi connectivity index (χ0) is 10.4. The highest BCUT2D eigenvalue weighted by atomic mass is 16.1. The molecule has 78 valence electrons. The molecule has 6 nitrogen and oxygen atoms in total. The molecule has 0 saturated carbocycles. The number of hydrogen-bond acceptors (Lipinski definition) is 4. The Balaban J connectivity index is 2.39. The van der Waals surface area contributed by atoms with Crippen LogP contribution in [0.5, 0.6) is 0 Å². The van der Waals surface area contributed by atoms with Crippen molar-refractivity contribution < 1.29 is 4.79 Å². The Morgan fingerprint density at radius 1 is 1.71 bits per heavy atom. The predicted molar refractivity (Wildman–Crippen MR) is 51.5 cm³/mol. The molecule has 0 aliphatic rings. The summed E-state index contributed by atoms with van der Waals surface area (Å²) in [4.78, 5) is 10.9. The molecule has 0 bridgehead atoms. The Kier molecular flexibility index (Phi) is 4.06. The molecule has 1 aromatic rings. The van der Waals surface area contributed by atoms with Crippen LogP contribution in [0.3, 0.4) is 0 Å². The second kappa shape index (κ2) is 5.33. The summed E-state index contributed by atoms with van der Waals surface area (Å²) in [6.45, 7) is 1.12. The van der Waals surface area contributed by atoms with Crippen LogP contribution in [0.15, 0.2) is 6.20 Å². The van der Waals surface area contributed by atoms with E-state index < -0.39 is 0 Å². The summed E-state index contributed by atoms with van der Waals surface area (Å²) in [5.74, 6) is 0.000810. The highest BCUT2D eigenvalue weighted by molar-refractivity contribution is 5.75. The van der Waals surface area contributed by atoms with Crippen LogP contribution in [-0.4, -0.2) is 34.5 Å². The quantitative estimate of drug-likeness (QED) is 0.628. The number of rotatable bonds is 5. The van der Waals surface area contributed by atoms with Gasteiger partial charge in [-0.05, 0) is 6.54 Å². The van der Waals surface area contributed by atoms with Crippen molar-refractivity contribution in [3.63, 3.8) is 0 Å². The first-order valence-corrected chi connectivity index (χ1v) is 4.56. The number of aromatic nitrogens is 3. The van der Waals surface area contributed by atoms with Gasteiger partial charge >= 0.3 is 0 Å². The van der Waals surface area contributed by atoms with Gasteiger partial charge in [-0.15, -0.1) is 5.10 Å². The fraction of sp³-hybridized carbons (Fsp3) is 0.625. The van der Waals surface area contributed by atoms with E-state index in [1.807, 2.05) is 6.20 Å². The van der Waals surface area contributed by atoms with Gasteiger partial charge in [-0.2, -0.15) is 0 Å². The zero-order valence-corrected chi connectivity index (χ0v) is 8.23. The predicted octanol–water partition coefficient (Wildman–Crippen LogP) is -1.08. The van der Waals surface area contributed by atoms with Gasteiger partial charge in [-0.1, -0.05) is 5.21 Å². The Labute approximate surface area is 82.5 Å². The van der Waals surface area contributed by atoms with Crippen molar-refractivity contribution in [3.8, 4) is 0 Å². The smallest absolute Gasteiger partial charge is 0.221 e. The summed E-state index contributed by atoms with van der Waals surface area (Å²) in [5.41, 5.74) is 6.24. The molecular formula is C8H15N5O. The van der Waals surface area contributed by atoms with E-state index in [-0.39, 0.29) is 5.91 Å². The Hall–Kier alpha value is -1.43. The van der Waals surface area contributed by atoms with Crippen LogP contribution >= 0.6 is 0 Å². The molecule has 0 aliphatic carbocycles. The number of carbonyl (C=O) groups is 1. The number of nitrogens with two attached hydrogens (primary N) is 1. The highest BCUT2D eigenvalue weighted by Gasteiger charge is 2.02. The average molecular weight is 197 g/mol. The van der Waals surface area contributed by atoms with Crippen LogP contribution in [0.1, 0.15) is 12.1 Å². The van der Waals surface area contributed by atoms with E-state index in [0.29, 0.717) is 19.5 Å². The van der Waals surface area contributed by atoms with E-state index in [2.05, 4.69) is 15.6 Å². The van der Waals surface area contributed by atoms with Gasteiger partial charge in [0, 0.05) is 26.1 Å². The minimum atomic E-state index is 0.000810. The van der Waals surface area contributed by atoms with Gasteiger partial charge in [0.1, 0.15) is 0 Å². The molecule has 14 heavy (non-hydrogen) atoms. The maximum Gasteiger partial charge on any atom is 0.221 e. The van der Waals surface area contributed by atoms with Gasteiger partial charge < -0.3 is 11.1 Å². The molecule has 6 heteroatoms. The lowest BCUT2D eigenvalue weighted by Gasteiger charge is -1.98. The third kappa shape index (κ3) is 3.14. The van der Waals surface area contributed by atoms with E-state index in [4.69, 9.17) is 5.73 Å². The lowest BCUT2D eigenvalue weighted by Crippen LogP contribution is -2.19. The van der Waals surface area contributed by atoms with Crippen molar-refractivity contribution >= 4 is 5.91 Å². The SMILES string of the molecule is CNC(=O)CCn1cc(CCN)nn1. The molecule has 1 aromatic heterocycles. The highest BCUT2D eigenvalue weighted by Crippen LogP contribution is 1.94. The van der Waals surface area contributed by atoms with Crippen LogP contribution < -0.4 is 11.1 Å². The average Bonchev–Trinajstić information content (AvgIpc) is 2.63. The summed E-state index contributed by atoms with van der Waals surface area (Å²) in [5, 5.41) is 10.3. The van der Waals surface area contributed by atoms with Gasteiger partial charge in [0.2, 0.25) is 5.91 Å². The van der Waals surface area contributed by atoms with E-state index in [1.54, 1.807) is 11.7 Å². The molecule has 0 saturated heterocycles. The fourth-order valence-electron chi connectivity index (χ4n) is 1.05. The van der Waals surface area contributed by atoms with Gasteiger partial charge in [0.15, 0.2) is 0 Å². The molecule has 3 N–H and O–H groups in total. The molecule has 0 fully saturated rings. The summed E-state index contributed by atoms with van der Waals surface area (Å²) in [6, 6.07) is 0. The minimum Gasteiger partial charge on any atom is -0.359 e. The van der Waals surface area contributed by atoms with Crippen molar-refractivity contribution in [2.45, 2.75) is 19.4 Å². The summed E-state index contributed by atoms with van der Waals surface area (Å²) >= 11 is 0. The molecule has 1 amide bonds. The molecule has 0 radical (unpaired) electrons.